The van der Waals surface area contributed by atoms with E-state index in [0.29, 0.717) is 17.6 Å². The highest BCUT2D eigenvalue weighted by Crippen LogP contribution is 2.30. The number of aryl methyl sites for hydroxylation is 3. The molecule has 0 unspecified atom stereocenters. The van der Waals surface area contributed by atoms with Crippen molar-refractivity contribution in [1.82, 2.24) is 0 Å². The normalized spacial score (nSPS) is 15.1. The van der Waals surface area contributed by atoms with Crippen LogP contribution in [-0.2, 0) is 6.42 Å². The van der Waals surface area contributed by atoms with Crippen molar-refractivity contribution in [3.05, 3.63) is 74.8 Å². The van der Waals surface area contributed by atoms with Gasteiger partial charge in [-0.2, -0.15) is 0 Å². The molecule has 3 rings (SSSR count). The molecule has 0 spiro atoms. The number of hydrogen-bond donors (Lipinski definition) is 1. The van der Waals surface area contributed by atoms with E-state index in [9.17, 15) is 14.7 Å². The standard InChI is InChI=1S/C20H18O3/c1-11-4-5-14(18(6-11)20(22)23)9-16-10-15-7-12(2)13(3)8-17(15)19(16)21/h4-9H,10H2,1-3H3,(H,22,23). The van der Waals surface area contributed by atoms with Crippen molar-refractivity contribution in [3.63, 3.8) is 0 Å². The fraction of sp³-hybridized carbons (Fsp3) is 0.200. The molecule has 0 heterocycles. The predicted octanol–water partition coefficient (Wildman–Crippen LogP) is 4.13. The molecule has 0 saturated heterocycles. The maximum atomic E-state index is 12.6. The Morgan fingerprint density at radius 1 is 1.09 bits per heavy atom. The molecule has 0 bridgehead atoms. The van der Waals surface area contributed by atoms with E-state index in [0.717, 1.165) is 22.3 Å². The third kappa shape index (κ3) is 2.70. The Kier molecular flexibility index (Phi) is 3.64. The number of benzene rings is 2. The molecule has 2 aromatic carbocycles. The predicted molar refractivity (Wildman–Crippen MR) is 90.1 cm³/mol. The van der Waals surface area contributed by atoms with Gasteiger partial charge in [0.15, 0.2) is 5.78 Å². The molecule has 23 heavy (non-hydrogen) atoms. The van der Waals surface area contributed by atoms with Gasteiger partial charge in [-0.25, -0.2) is 4.79 Å². The van der Waals surface area contributed by atoms with Crippen molar-refractivity contribution in [2.75, 3.05) is 0 Å². The molecule has 0 aromatic heterocycles. The number of Topliss-reactive ketones (excluding diaryl/α,β-unsaturated/α-hetero) is 1. The van der Waals surface area contributed by atoms with Crippen molar-refractivity contribution < 1.29 is 14.7 Å². The van der Waals surface area contributed by atoms with Gasteiger partial charge in [0.1, 0.15) is 0 Å². The molecule has 3 nitrogen and oxygen atoms in total. The lowest BCUT2D eigenvalue weighted by Gasteiger charge is -2.04. The van der Waals surface area contributed by atoms with E-state index >= 15 is 0 Å². The summed E-state index contributed by atoms with van der Waals surface area (Å²) < 4.78 is 0. The third-order valence-electron chi connectivity index (χ3n) is 4.41. The molecule has 1 aliphatic carbocycles. The van der Waals surface area contributed by atoms with Crippen LogP contribution in [0.25, 0.3) is 6.08 Å². The summed E-state index contributed by atoms with van der Waals surface area (Å²) in [5.41, 5.74) is 6.37. The van der Waals surface area contributed by atoms with Gasteiger partial charge in [-0.1, -0.05) is 23.8 Å². The lowest BCUT2D eigenvalue weighted by molar-refractivity contribution is 0.0696. The van der Waals surface area contributed by atoms with Gasteiger partial charge in [0, 0.05) is 17.6 Å². The van der Waals surface area contributed by atoms with Crippen molar-refractivity contribution in [3.8, 4) is 0 Å². The minimum absolute atomic E-state index is 0.0000128. The number of carboxylic acids is 1. The van der Waals surface area contributed by atoms with Gasteiger partial charge < -0.3 is 5.11 Å². The zero-order chi connectivity index (χ0) is 16.7. The summed E-state index contributed by atoms with van der Waals surface area (Å²) in [4.78, 5) is 24.0. The lowest BCUT2D eigenvalue weighted by Crippen LogP contribution is -2.02. The van der Waals surface area contributed by atoms with Gasteiger partial charge in [-0.05, 0) is 61.2 Å². The topological polar surface area (TPSA) is 54.4 Å². The fourth-order valence-corrected chi connectivity index (χ4v) is 2.98. The van der Waals surface area contributed by atoms with E-state index in [1.165, 1.54) is 5.56 Å². The maximum absolute atomic E-state index is 12.6. The van der Waals surface area contributed by atoms with Gasteiger partial charge >= 0.3 is 5.97 Å². The zero-order valence-electron chi connectivity index (χ0n) is 13.4. The molecular formula is C20H18O3. The first-order valence-corrected chi connectivity index (χ1v) is 7.56. The van der Waals surface area contributed by atoms with Crippen LogP contribution in [0.1, 0.15) is 48.5 Å². The maximum Gasteiger partial charge on any atom is 0.336 e. The minimum Gasteiger partial charge on any atom is -0.478 e. The molecule has 3 heteroatoms. The number of rotatable bonds is 2. The van der Waals surface area contributed by atoms with Crippen LogP contribution < -0.4 is 0 Å². The molecule has 1 N–H and O–H groups in total. The van der Waals surface area contributed by atoms with E-state index in [1.54, 1.807) is 18.2 Å². The Hall–Kier alpha value is -2.68. The van der Waals surface area contributed by atoms with Gasteiger partial charge in [-0.15, -0.1) is 0 Å². The summed E-state index contributed by atoms with van der Waals surface area (Å²) in [5.74, 6) is -0.977. The van der Waals surface area contributed by atoms with Crippen molar-refractivity contribution in [2.24, 2.45) is 0 Å². The van der Waals surface area contributed by atoms with Crippen molar-refractivity contribution in [1.29, 1.82) is 0 Å². The monoisotopic (exact) mass is 306 g/mol. The van der Waals surface area contributed by atoms with Crippen LogP contribution >= 0.6 is 0 Å². The lowest BCUT2D eigenvalue weighted by atomic mass is 10.0. The smallest absolute Gasteiger partial charge is 0.336 e. The largest absolute Gasteiger partial charge is 0.478 e. The molecule has 0 saturated carbocycles. The summed E-state index contributed by atoms with van der Waals surface area (Å²) in [7, 11) is 0. The quantitative estimate of drug-likeness (QED) is 0.849. The summed E-state index contributed by atoms with van der Waals surface area (Å²) in [6, 6.07) is 9.24. The molecule has 0 atom stereocenters. The zero-order valence-corrected chi connectivity index (χ0v) is 13.4. The summed E-state index contributed by atoms with van der Waals surface area (Å²) >= 11 is 0. The van der Waals surface area contributed by atoms with Crippen molar-refractivity contribution >= 4 is 17.8 Å². The highest BCUT2D eigenvalue weighted by Gasteiger charge is 2.25. The Balaban J connectivity index is 2.06. The number of carbonyl (C=O) groups excluding carboxylic acids is 1. The third-order valence-corrected chi connectivity index (χ3v) is 4.41. The SMILES string of the molecule is Cc1ccc(C=C2Cc3cc(C)c(C)cc3C2=O)c(C(=O)O)c1. The number of carboxylic acid groups (broad SMARTS) is 1. The number of hydrogen-bond acceptors (Lipinski definition) is 2. The molecule has 0 aliphatic heterocycles. The second-order valence-corrected chi connectivity index (χ2v) is 6.16. The van der Waals surface area contributed by atoms with E-state index in [-0.39, 0.29) is 11.3 Å². The summed E-state index contributed by atoms with van der Waals surface area (Å²) in [6.07, 6.45) is 2.28. The Morgan fingerprint density at radius 3 is 2.48 bits per heavy atom. The van der Waals surface area contributed by atoms with Gasteiger partial charge in [0.05, 0.1) is 5.56 Å². The van der Waals surface area contributed by atoms with Gasteiger partial charge in [0.25, 0.3) is 0 Å². The van der Waals surface area contributed by atoms with Crippen LogP contribution in [0, 0.1) is 20.8 Å². The van der Waals surface area contributed by atoms with Crippen LogP contribution in [0.4, 0.5) is 0 Å². The Morgan fingerprint density at radius 2 is 1.78 bits per heavy atom. The minimum atomic E-state index is -0.977. The second-order valence-electron chi connectivity index (χ2n) is 6.16. The first kappa shape index (κ1) is 15.2. The first-order chi connectivity index (χ1) is 10.9. The average Bonchev–Trinajstić information content (AvgIpc) is 2.78. The van der Waals surface area contributed by atoms with Crippen LogP contribution in [0.2, 0.25) is 0 Å². The number of carbonyl (C=O) groups is 2. The summed E-state index contributed by atoms with van der Waals surface area (Å²) in [5, 5.41) is 9.36. The van der Waals surface area contributed by atoms with E-state index < -0.39 is 5.97 Å². The molecule has 0 radical (unpaired) electrons. The van der Waals surface area contributed by atoms with Crippen molar-refractivity contribution in [2.45, 2.75) is 27.2 Å². The highest BCUT2D eigenvalue weighted by atomic mass is 16.4. The average molecular weight is 306 g/mol. The number of ketones is 1. The number of allylic oxidation sites excluding steroid dienone is 1. The van der Waals surface area contributed by atoms with E-state index in [2.05, 4.69) is 6.07 Å². The molecule has 1 aliphatic rings. The Bertz CT molecular complexity index is 873. The Labute approximate surface area is 135 Å². The van der Waals surface area contributed by atoms with Crippen LogP contribution in [0.3, 0.4) is 0 Å². The first-order valence-electron chi connectivity index (χ1n) is 7.56. The molecule has 0 amide bonds. The van der Waals surface area contributed by atoms with Gasteiger partial charge in [0.2, 0.25) is 0 Å². The molecule has 116 valence electrons. The van der Waals surface area contributed by atoms with Crippen LogP contribution in [-0.4, -0.2) is 16.9 Å². The van der Waals surface area contributed by atoms with Gasteiger partial charge in [-0.3, -0.25) is 4.79 Å². The van der Waals surface area contributed by atoms with Crippen LogP contribution in [0.5, 0.6) is 0 Å². The molecule has 2 aromatic rings. The highest BCUT2D eigenvalue weighted by molar-refractivity contribution is 6.16. The number of fused-ring (bicyclic) bond motifs is 1. The van der Waals surface area contributed by atoms with E-state index in [4.69, 9.17) is 0 Å². The second kappa shape index (κ2) is 5.51. The van der Waals surface area contributed by atoms with E-state index in [1.807, 2.05) is 32.9 Å². The van der Waals surface area contributed by atoms with Crippen LogP contribution in [0.15, 0.2) is 35.9 Å². The molecule has 0 fully saturated rings. The number of aromatic carboxylic acids is 1. The summed E-state index contributed by atoms with van der Waals surface area (Å²) in [6.45, 7) is 5.88. The fourth-order valence-electron chi connectivity index (χ4n) is 2.98. The molecular weight excluding hydrogens is 288 g/mol.